The van der Waals surface area contributed by atoms with E-state index in [1.807, 2.05) is 24.3 Å². The normalized spacial score (nSPS) is 19.8. The van der Waals surface area contributed by atoms with Crippen LogP contribution in [-0.2, 0) is 15.9 Å². The highest BCUT2D eigenvalue weighted by molar-refractivity contribution is 8.03. The van der Waals surface area contributed by atoms with Gasteiger partial charge in [0.2, 0.25) is 0 Å². The Kier molecular flexibility index (Phi) is 3.03. The van der Waals surface area contributed by atoms with Gasteiger partial charge in [-0.3, -0.25) is 14.0 Å². The summed E-state index contributed by atoms with van der Waals surface area (Å²) >= 11 is 0. The molecule has 1 aliphatic heterocycles. The third kappa shape index (κ3) is 2.30. The van der Waals surface area contributed by atoms with Crippen molar-refractivity contribution in [2.45, 2.75) is 11.3 Å². The van der Waals surface area contributed by atoms with Gasteiger partial charge in [0.15, 0.2) is 5.78 Å². The molecule has 0 fully saturated rings. The van der Waals surface area contributed by atoms with Gasteiger partial charge in [-0.25, -0.2) is 0 Å². The van der Waals surface area contributed by atoms with Gasteiger partial charge in [-0.05, 0) is 46.7 Å². The lowest BCUT2D eigenvalue weighted by atomic mass is 10.0. The Balaban J connectivity index is 1.89. The minimum atomic E-state index is -2.33. The van der Waals surface area contributed by atoms with E-state index in [0.717, 1.165) is 11.1 Å². The number of hydrogen-bond donors (Lipinski definition) is 0. The molecular formula is C16H13NO2S. The first kappa shape index (κ1) is 12.8. The van der Waals surface area contributed by atoms with E-state index in [-0.39, 0.29) is 12.2 Å². The van der Waals surface area contributed by atoms with Crippen molar-refractivity contribution >= 4 is 27.3 Å². The molecule has 20 heavy (non-hydrogen) atoms. The van der Waals surface area contributed by atoms with Gasteiger partial charge in [0.05, 0.1) is 0 Å². The van der Waals surface area contributed by atoms with E-state index in [1.54, 1.807) is 29.9 Å². The molecule has 0 bridgehead atoms. The standard InChI is InChI=1S/C16H13NO2S/c1-20(19)8-6-13-5-4-12(10-16(13)20)9-15(18)14-3-2-7-17-11-14/h2-8,10-11H,1,9H2. The first-order valence-corrected chi connectivity index (χ1v) is 7.97. The van der Waals surface area contributed by atoms with Gasteiger partial charge in [-0.15, -0.1) is 0 Å². The van der Waals surface area contributed by atoms with Crippen LogP contribution >= 0.6 is 0 Å². The van der Waals surface area contributed by atoms with Crippen LogP contribution in [0.1, 0.15) is 21.5 Å². The van der Waals surface area contributed by atoms with Crippen LogP contribution in [0.4, 0.5) is 0 Å². The van der Waals surface area contributed by atoms with Gasteiger partial charge in [-0.1, -0.05) is 12.1 Å². The second-order valence-corrected chi connectivity index (χ2v) is 6.91. The Morgan fingerprint density at radius 3 is 2.90 bits per heavy atom. The smallest absolute Gasteiger partial charge is 0.168 e. The van der Waals surface area contributed by atoms with Gasteiger partial charge < -0.3 is 0 Å². The summed E-state index contributed by atoms with van der Waals surface area (Å²) in [6.07, 6.45) is 5.28. The minimum absolute atomic E-state index is 0.000401. The molecule has 0 amide bonds. The predicted molar refractivity (Wildman–Crippen MR) is 81.3 cm³/mol. The summed E-state index contributed by atoms with van der Waals surface area (Å²) in [6.45, 7) is 0. The van der Waals surface area contributed by atoms with E-state index in [9.17, 15) is 9.00 Å². The van der Waals surface area contributed by atoms with Gasteiger partial charge in [-0.2, -0.15) is 0 Å². The molecule has 0 N–H and O–H groups in total. The predicted octanol–water partition coefficient (Wildman–Crippen LogP) is 2.57. The fraction of sp³-hybridized carbons (Fsp3) is 0.0625. The van der Waals surface area contributed by atoms with Crippen LogP contribution in [0.15, 0.2) is 53.0 Å². The van der Waals surface area contributed by atoms with E-state index in [0.29, 0.717) is 10.5 Å². The lowest BCUT2D eigenvalue weighted by molar-refractivity contribution is 0.0992. The summed E-state index contributed by atoms with van der Waals surface area (Å²) in [4.78, 5) is 16.8. The molecule has 1 aliphatic rings. The summed E-state index contributed by atoms with van der Waals surface area (Å²) in [7, 11) is -2.33. The van der Waals surface area contributed by atoms with Gasteiger partial charge >= 0.3 is 0 Å². The zero-order valence-corrected chi connectivity index (χ0v) is 11.6. The van der Waals surface area contributed by atoms with Crippen molar-refractivity contribution in [2.75, 3.05) is 0 Å². The maximum Gasteiger partial charge on any atom is 0.168 e. The number of nitrogens with zero attached hydrogens (tertiary/aromatic N) is 1. The number of ketones is 1. The zero-order valence-electron chi connectivity index (χ0n) is 10.8. The number of hydrogen-bond acceptors (Lipinski definition) is 3. The van der Waals surface area contributed by atoms with E-state index in [2.05, 4.69) is 10.9 Å². The summed E-state index contributed by atoms with van der Waals surface area (Å²) in [5.41, 5.74) is 2.35. The average Bonchev–Trinajstić information content (AvgIpc) is 2.75. The van der Waals surface area contributed by atoms with Crippen LogP contribution in [0.2, 0.25) is 0 Å². The Morgan fingerprint density at radius 1 is 1.30 bits per heavy atom. The highest BCUT2D eigenvalue weighted by Crippen LogP contribution is 2.27. The maximum atomic E-state index is 12.2. The largest absolute Gasteiger partial charge is 0.294 e. The van der Waals surface area contributed by atoms with Crippen LogP contribution in [0.5, 0.6) is 0 Å². The summed E-state index contributed by atoms with van der Waals surface area (Å²) in [6, 6.07) is 9.07. The Labute approximate surface area is 118 Å². The molecule has 1 atom stereocenters. The first-order chi connectivity index (χ1) is 9.56. The van der Waals surface area contributed by atoms with Gasteiger partial charge in [0, 0.05) is 38.8 Å². The van der Waals surface area contributed by atoms with Crippen molar-refractivity contribution in [3.8, 4) is 0 Å². The van der Waals surface area contributed by atoms with E-state index >= 15 is 0 Å². The number of carbonyl (C=O) groups excluding carboxylic acids is 1. The average molecular weight is 283 g/mol. The monoisotopic (exact) mass is 283 g/mol. The molecule has 0 saturated carbocycles. The second-order valence-electron chi connectivity index (χ2n) is 4.74. The van der Waals surface area contributed by atoms with E-state index in [1.165, 1.54) is 0 Å². The topological polar surface area (TPSA) is 47.0 Å². The number of Topliss-reactive ketones (excluding diaryl/α,β-unsaturated/α-hetero) is 1. The van der Waals surface area contributed by atoms with Crippen molar-refractivity contribution in [1.82, 2.24) is 4.98 Å². The van der Waals surface area contributed by atoms with E-state index in [4.69, 9.17) is 0 Å². The number of pyridine rings is 1. The molecule has 3 nitrogen and oxygen atoms in total. The third-order valence-corrected chi connectivity index (χ3v) is 4.94. The molecule has 0 aliphatic carbocycles. The Bertz CT molecular complexity index is 806. The molecule has 1 aromatic heterocycles. The van der Waals surface area contributed by atoms with Crippen LogP contribution in [-0.4, -0.2) is 20.8 Å². The molecule has 2 aromatic rings. The number of rotatable bonds is 3. The molecule has 1 unspecified atom stereocenters. The second kappa shape index (κ2) is 4.72. The number of aromatic nitrogens is 1. The minimum Gasteiger partial charge on any atom is -0.294 e. The molecule has 2 heterocycles. The van der Waals surface area contributed by atoms with Crippen LogP contribution in [0.3, 0.4) is 0 Å². The maximum absolute atomic E-state index is 12.2. The van der Waals surface area contributed by atoms with Crippen molar-refractivity contribution in [1.29, 1.82) is 0 Å². The van der Waals surface area contributed by atoms with Crippen molar-refractivity contribution in [2.24, 2.45) is 0 Å². The Hall–Kier alpha value is -2.20. The fourth-order valence-corrected chi connectivity index (χ4v) is 3.60. The lowest BCUT2D eigenvalue weighted by Crippen LogP contribution is -2.05. The molecule has 100 valence electrons. The summed E-state index contributed by atoms with van der Waals surface area (Å²) in [5.74, 6) is 3.73. The summed E-state index contributed by atoms with van der Waals surface area (Å²) < 4.78 is 12.2. The SMILES string of the molecule is C=S1(=O)C=Cc2ccc(CC(=O)c3cccnc3)cc21. The van der Waals surface area contributed by atoms with Crippen molar-refractivity contribution in [3.05, 3.63) is 64.8 Å². The number of benzene rings is 1. The molecular weight excluding hydrogens is 270 g/mol. The molecule has 4 heteroatoms. The molecule has 0 saturated heterocycles. The van der Waals surface area contributed by atoms with Gasteiger partial charge in [0.1, 0.15) is 0 Å². The molecule has 0 radical (unpaired) electrons. The first-order valence-electron chi connectivity index (χ1n) is 6.18. The highest BCUT2D eigenvalue weighted by Gasteiger charge is 2.16. The van der Waals surface area contributed by atoms with Crippen LogP contribution in [0, 0.1) is 0 Å². The van der Waals surface area contributed by atoms with Crippen LogP contribution in [0.25, 0.3) is 6.08 Å². The van der Waals surface area contributed by atoms with E-state index < -0.39 is 9.52 Å². The Morgan fingerprint density at radius 2 is 2.15 bits per heavy atom. The van der Waals surface area contributed by atoms with Crippen molar-refractivity contribution in [3.63, 3.8) is 0 Å². The lowest BCUT2D eigenvalue weighted by Gasteiger charge is -2.06. The molecule has 1 aromatic carbocycles. The number of carbonyl (C=O) groups is 1. The fourth-order valence-electron chi connectivity index (χ4n) is 2.20. The zero-order chi connectivity index (χ0) is 14.2. The number of fused-ring (bicyclic) bond motifs is 1. The van der Waals surface area contributed by atoms with Gasteiger partial charge in [0.25, 0.3) is 0 Å². The third-order valence-electron chi connectivity index (χ3n) is 3.27. The highest BCUT2D eigenvalue weighted by atomic mass is 32.2. The van der Waals surface area contributed by atoms with Crippen LogP contribution < -0.4 is 0 Å². The quantitative estimate of drug-likeness (QED) is 0.642. The van der Waals surface area contributed by atoms with Crippen molar-refractivity contribution < 1.29 is 9.00 Å². The summed E-state index contributed by atoms with van der Waals surface area (Å²) in [5, 5.41) is 1.63. The molecule has 0 spiro atoms. The molecule has 3 rings (SSSR count).